The van der Waals surface area contributed by atoms with Gasteiger partial charge in [0.15, 0.2) is 0 Å². The monoisotopic (exact) mass is 302 g/mol. The molecule has 0 aromatic heterocycles. The number of hydrogen-bond donors (Lipinski definition) is 2. The lowest BCUT2D eigenvalue weighted by molar-refractivity contribution is -0.115. The van der Waals surface area contributed by atoms with Crippen LogP contribution in [0, 0.1) is 5.82 Å². The number of carbonyl (C=O) groups is 1. The van der Waals surface area contributed by atoms with Crippen molar-refractivity contribution < 1.29 is 9.18 Å². The second kappa shape index (κ2) is 5.60. The minimum atomic E-state index is -0.455. The van der Waals surface area contributed by atoms with Crippen molar-refractivity contribution in [2.24, 2.45) is 0 Å². The number of rotatable bonds is 3. The molecule has 0 atom stereocenters. The molecule has 0 radical (unpaired) electrons. The first-order valence-electron chi connectivity index (χ1n) is 5.28. The maximum atomic E-state index is 13.4. The van der Waals surface area contributed by atoms with Gasteiger partial charge in [0.25, 0.3) is 0 Å². The Morgan fingerprint density at radius 1 is 1.41 bits per heavy atom. The molecule has 1 aromatic carbocycles. The van der Waals surface area contributed by atoms with Gasteiger partial charge < -0.3 is 10.6 Å². The fourth-order valence-corrected chi connectivity index (χ4v) is 1.59. The van der Waals surface area contributed by atoms with Crippen LogP contribution in [-0.4, -0.2) is 18.0 Å². The number of nitrogens with one attached hydrogen (secondary N) is 2. The smallest absolute Gasteiger partial charge is 0.238 e. The van der Waals surface area contributed by atoms with Crippen LogP contribution in [0.2, 0.25) is 0 Å². The third-order valence-corrected chi connectivity index (χ3v) is 2.67. The van der Waals surface area contributed by atoms with Gasteiger partial charge in [0, 0.05) is 10.0 Å². The van der Waals surface area contributed by atoms with Crippen molar-refractivity contribution in [3.05, 3.63) is 28.5 Å². The number of hydrogen-bond acceptors (Lipinski definition) is 2. The summed E-state index contributed by atoms with van der Waals surface area (Å²) in [5, 5.41) is 5.56. The number of anilines is 1. The number of benzene rings is 1. The van der Waals surface area contributed by atoms with E-state index in [0.29, 0.717) is 4.47 Å². The molecule has 1 aromatic rings. The Labute approximate surface area is 109 Å². The van der Waals surface area contributed by atoms with Gasteiger partial charge in [-0.2, -0.15) is 0 Å². The zero-order valence-electron chi connectivity index (χ0n) is 10.1. The van der Waals surface area contributed by atoms with E-state index in [0.717, 1.165) is 0 Å². The van der Waals surface area contributed by atoms with Gasteiger partial charge in [-0.3, -0.25) is 4.79 Å². The SMILES string of the molecule is CC(C)(C)NCC(=O)Nc1c(F)cccc1Br. The second-order valence-electron chi connectivity index (χ2n) is 4.75. The molecule has 0 aliphatic heterocycles. The lowest BCUT2D eigenvalue weighted by atomic mass is 10.1. The predicted octanol–water partition coefficient (Wildman–Crippen LogP) is 2.91. The summed E-state index contributed by atoms with van der Waals surface area (Å²) in [7, 11) is 0. The predicted molar refractivity (Wildman–Crippen MR) is 70.5 cm³/mol. The molecule has 2 N–H and O–H groups in total. The molecule has 0 saturated carbocycles. The third-order valence-electron chi connectivity index (χ3n) is 2.01. The van der Waals surface area contributed by atoms with Crippen LogP contribution in [-0.2, 0) is 4.79 Å². The fraction of sp³-hybridized carbons (Fsp3) is 0.417. The van der Waals surface area contributed by atoms with Crippen molar-refractivity contribution in [3.8, 4) is 0 Å². The molecule has 94 valence electrons. The molecule has 17 heavy (non-hydrogen) atoms. The first kappa shape index (κ1) is 14.1. The van der Waals surface area contributed by atoms with Crippen LogP contribution >= 0.6 is 15.9 Å². The molecule has 0 bridgehead atoms. The summed E-state index contributed by atoms with van der Waals surface area (Å²) in [6.45, 7) is 6.02. The quantitative estimate of drug-likeness (QED) is 0.901. The normalized spacial score (nSPS) is 11.4. The van der Waals surface area contributed by atoms with Gasteiger partial charge in [-0.1, -0.05) is 6.07 Å². The van der Waals surface area contributed by atoms with E-state index in [4.69, 9.17) is 0 Å². The molecular formula is C12H16BrFN2O. The highest BCUT2D eigenvalue weighted by molar-refractivity contribution is 9.10. The minimum Gasteiger partial charge on any atom is -0.322 e. The van der Waals surface area contributed by atoms with Gasteiger partial charge in [-0.25, -0.2) is 4.39 Å². The molecule has 0 heterocycles. The standard InChI is InChI=1S/C12H16BrFN2O/c1-12(2,3)15-7-10(17)16-11-8(13)5-4-6-9(11)14/h4-6,15H,7H2,1-3H3,(H,16,17). The van der Waals surface area contributed by atoms with Crippen molar-refractivity contribution in [2.75, 3.05) is 11.9 Å². The van der Waals surface area contributed by atoms with Gasteiger partial charge in [0.1, 0.15) is 5.82 Å². The minimum absolute atomic E-state index is 0.143. The van der Waals surface area contributed by atoms with E-state index in [1.165, 1.54) is 6.07 Å². The maximum Gasteiger partial charge on any atom is 0.238 e. The van der Waals surface area contributed by atoms with E-state index >= 15 is 0 Å². The van der Waals surface area contributed by atoms with E-state index in [2.05, 4.69) is 26.6 Å². The molecule has 0 unspecified atom stereocenters. The van der Waals surface area contributed by atoms with Crippen LogP contribution in [0.1, 0.15) is 20.8 Å². The summed E-state index contributed by atoms with van der Waals surface area (Å²) in [5.41, 5.74) is 0.0253. The Bertz CT molecular complexity index is 395. The summed E-state index contributed by atoms with van der Waals surface area (Å²) in [6.07, 6.45) is 0. The summed E-state index contributed by atoms with van der Waals surface area (Å²) in [5.74, 6) is -0.728. The molecule has 0 fully saturated rings. The number of carbonyl (C=O) groups excluding carboxylic acids is 1. The van der Waals surface area contributed by atoms with Crippen molar-refractivity contribution in [3.63, 3.8) is 0 Å². The van der Waals surface area contributed by atoms with Crippen molar-refractivity contribution in [1.29, 1.82) is 0 Å². The van der Waals surface area contributed by atoms with Crippen LogP contribution < -0.4 is 10.6 Å². The highest BCUT2D eigenvalue weighted by Gasteiger charge is 2.13. The molecule has 5 heteroatoms. The lowest BCUT2D eigenvalue weighted by Gasteiger charge is -2.20. The van der Waals surface area contributed by atoms with Gasteiger partial charge >= 0.3 is 0 Å². The van der Waals surface area contributed by atoms with Crippen LogP contribution in [0.3, 0.4) is 0 Å². The molecule has 1 rings (SSSR count). The van der Waals surface area contributed by atoms with Gasteiger partial charge in [-0.15, -0.1) is 0 Å². The zero-order chi connectivity index (χ0) is 13.1. The molecule has 3 nitrogen and oxygen atoms in total. The molecule has 1 amide bonds. The van der Waals surface area contributed by atoms with Gasteiger partial charge in [0.2, 0.25) is 5.91 Å². The van der Waals surface area contributed by atoms with Crippen molar-refractivity contribution >= 4 is 27.5 Å². The summed E-state index contributed by atoms with van der Waals surface area (Å²) in [6, 6.07) is 4.55. The maximum absolute atomic E-state index is 13.4. The van der Waals surface area contributed by atoms with Gasteiger partial charge in [0.05, 0.1) is 12.2 Å². The van der Waals surface area contributed by atoms with E-state index in [1.54, 1.807) is 12.1 Å². The molecule has 0 saturated heterocycles. The number of para-hydroxylation sites is 1. The van der Waals surface area contributed by atoms with E-state index in [-0.39, 0.29) is 23.7 Å². The Balaban J connectivity index is 2.63. The van der Waals surface area contributed by atoms with Gasteiger partial charge in [-0.05, 0) is 48.8 Å². The van der Waals surface area contributed by atoms with Crippen LogP contribution in [0.15, 0.2) is 22.7 Å². The van der Waals surface area contributed by atoms with Crippen molar-refractivity contribution in [2.45, 2.75) is 26.3 Å². The highest BCUT2D eigenvalue weighted by atomic mass is 79.9. The molecule has 0 aliphatic carbocycles. The summed E-state index contributed by atoms with van der Waals surface area (Å²) >= 11 is 3.19. The van der Waals surface area contributed by atoms with Crippen LogP contribution in [0.5, 0.6) is 0 Å². The first-order chi connectivity index (χ1) is 7.79. The summed E-state index contributed by atoms with van der Waals surface area (Å²) in [4.78, 5) is 11.6. The molecular weight excluding hydrogens is 287 g/mol. The highest BCUT2D eigenvalue weighted by Crippen LogP contribution is 2.24. The van der Waals surface area contributed by atoms with E-state index < -0.39 is 5.82 Å². The van der Waals surface area contributed by atoms with E-state index in [9.17, 15) is 9.18 Å². The fourth-order valence-electron chi connectivity index (χ4n) is 1.15. The number of halogens is 2. The topological polar surface area (TPSA) is 41.1 Å². The largest absolute Gasteiger partial charge is 0.322 e. The second-order valence-corrected chi connectivity index (χ2v) is 5.60. The third kappa shape index (κ3) is 4.83. The van der Waals surface area contributed by atoms with E-state index in [1.807, 2.05) is 20.8 Å². The Morgan fingerprint density at radius 3 is 2.59 bits per heavy atom. The lowest BCUT2D eigenvalue weighted by Crippen LogP contribution is -2.41. The average molecular weight is 303 g/mol. The number of amides is 1. The summed E-state index contributed by atoms with van der Waals surface area (Å²) < 4.78 is 13.9. The van der Waals surface area contributed by atoms with Crippen LogP contribution in [0.25, 0.3) is 0 Å². The average Bonchev–Trinajstić information content (AvgIpc) is 2.20. The van der Waals surface area contributed by atoms with Crippen LogP contribution in [0.4, 0.5) is 10.1 Å². The Kier molecular flexibility index (Phi) is 4.65. The van der Waals surface area contributed by atoms with Crippen molar-refractivity contribution in [1.82, 2.24) is 5.32 Å². The molecule has 0 aliphatic rings. The zero-order valence-corrected chi connectivity index (χ0v) is 11.7. The first-order valence-corrected chi connectivity index (χ1v) is 6.08. The Morgan fingerprint density at radius 2 is 2.06 bits per heavy atom. The Hall–Kier alpha value is -0.940. The molecule has 0 spiro atoms.